The molecule has 0 spiro atoms. The maximum Gasteiger partial charge on any atom is 0.254 e. The molecule has 0 atom stereocenters. The third kappa shape index (κ3) is 2.90. The van der Waals surface area contributed by atoms with Gasteiger partial charge in [0.05, 0.1) is 8.45 Å². The first-order valence-electron chi connectivity index (χ1n) is 6.63. The molecule has 100 valence electrons. The number of likely N-dealkylation sites (tertiary alicyclic amines) is 1. The molecule has 1 aromatic heterocycles. The molecule has 1 aliphatic rings. The van der Waals surface area contributed by atoms with Crippen molar-refractivity contribution in [1.29, 1.82) is 0 Å². The van der Waals surface area contributed by atoms with Crippen LogP contribution < -0.4 is 0 Å². The Morgan fingerprint density at radius 2 is 2.00 bits per heavy atom. The van der Waals surface area contributed by atoms with Crippen LogP contribution in [0.3, 0.4) is 0 Å². The highest BCUT2D eigenvalue weighted by Gasteiger charge is 2.33. The zero-order chi connectivity index (χ0) is 13.2. The summed E-state index contributed by atoms with van der Waals surface area (Å²) in [6, 6.07) is 2.00. The van der Waals surface area contributed by atoms with Gasteiger partial charge in [-0.25, -0.2) is 0 Å². The van der Waals surface area contributed by atoms with Crippen molar-refractivity contribution >= 4 is 39.8 Å². The zero-order valence-corrected chi connectivity index (χ0v) is 14.0. The van der Waals surface area contributed by atoms with Crippen LogP contribution >= 0.6 is 33.9 Å². The minimum absolute atomic E-state index is 0.218. The first-order chi connectivity index (χ1) is 8.60. The van der Waals surface area contributed by atoms with E-state index in [9.17, 15) is 4.79 Å². The second kappa shape index (κ2) is 5.90. The molecule has 4 heteroatoms. The minimum atomic E-state index is 0.218. The summed E-state index contributed by atoms with van der Waals surface area (Å²) in [6.45, 7) is 6.41. The molecule has 1 aliphatic heterocycles. The van der Waals surface area contributed by atoms with Gasteiger partial charge in [0.1, 0.15) is 0 Å². The number of thiophene rings is 1. The van der Waals surface area contributed by atoms with Crippen LogP contribution in [0.15, 0.2) is 11.4 Å². The maximum atomic E-state index is 12.3. The Balaban J connectivity index is 1.99. The summed E-state index contributed by atoms with van der Waals surface area (Å²) in [4.78, 5) is 14.4. The van der Waals surface area contributed by atoms with Crippen molar-refractivity contribution in [1.82, 2.24) is 4.90 Å². The Morgan fingerprint density at radius 3 is 2.44 bits per heavy atom. The first kappa shape index (κ1) is 14.3. The minimum Gasteiger partial charge on any atom is -0.339 e. The summed E-state index contributed by atoms with van der Waals surface area (Å²) in [5.74, 6) is 0.218. The quantitative estimate of drug-likeness (QED) is 0.716. The van der Waals surface area contributed by atoms with Gasteiger partial charge in [-0.2, -0.15) is 0 Å². The Bertz CT molecular complexity index is 415. The average molecular weight is 377 g/mol. The fourth-order valence-corrected chi connectivity index (χ4v) is 4.07. The second-order valence-electron chi connectivity index (χ2n) is 5.14. The van der Waals surface area contributed by atoms with Crippen LogP contribution in [0.2, 0.25) is 0 Å². The van der Waals surface area contributed by atoms with Crippen molar-refractivity contribution < 1.29 is 4.79 Å². The number of hydrogen-bond acceptors (Lipinski definition) is 2. The van der Waals surface area contributed by atoms with E-state index < -0.39 is 0 Å². The average Bonchev–Trinajstić information content (AvgIpc) is 2.85. The summed E-state index contributed by atoms with van der Waals surface area (Å²) < 4.78 is 1.18. The lowest BCUT2D eigenvalue weighted by molar-refractivity contribution is 0.0558. The van der Waals surface area contributed by atoms with Gasteiger partial charge in [0.25, 0.3) is 5.91 Å². The predicted molar refractivity (Wildman–Crippen MR) is 85.2 cm³/mol. The Labute approximate surface area is 127 Å². The van der Waals surface area contributed by atoms with Crippen LogP contribution in [0.25, 0.3) is 0 Å². The predicted octanol–water partition coefficient (Wildman–Crippen LogP) is 4.40. The van der Waals surface area contributed by atoms with Crippen LogP contribution in [0.4, 0.5) is 0 Å². The van der Waals surface area contributed by atoms with E-state index >= 15 is 0 Å². The van der Waals surface area contributed by atoms with E-state index in [2.05, 4.69) is 36.4 Å². The van der Waals surface area contributed by atoms with E-state index in [0.29, 0.717) is 5.41 Å². The van der Waals surface area contributed by atoms with E-state index in [4.69, 9.17) is 0 Å². The van der Waals surface area contributed by atoms with Crippen LogP contribution in [0.1, 0.15) is 49.9 Å². The molecule has 1 fully saturated rings. The van der Waals surface area contributed by atoms with Crippen molar-refractivity contribution in [2.24, 2.45) is 5.41 Å². The number of halogens is 1. The van der Waals surface area contributed by atoms with Gasteiger partial charge in [-0.3, -0.25) is 4.79 Å². The van der Waals surface area contributed by atoms with E-state index in [1.807, 2.05) is 16.3 Å². The van der Waals surface area contributed by atoms with Crippen LogP contribution in [-0.4, -0.2) is 23.9 Å². The summed E-state index contributed by atoms with van der Waals surface area (Å²) >= 11 is 3.91. The van der Waals surface area contributed by atoms with E-state index in [-0.39, 0.29) is 5.91 Å². The van der Waals surface area contributed by atoms with Crippen molar-refractivity contribution in [3.63, 3.8) is 0 Å². The van der Waals surface area contributed by atoms with Gasteiger partial charge in [0.2, 0.25) is 0 Å². The lowest BCUT2D eigenvalue weighted by atomic mass is 9.74. The number of amides is 1. The summed E-state index contributed by atoms with van der Waals surface area (Å²) in [7, 11) is 0. The summed E-state index contributed by atoms with van der Waals surface area (Å²) in [5.41, 5.74) is 1.35. The smallest absolute Gasteiger partial charge is 0.254 e. The number of nitrogens with zero attached hydrogens (tertiary/aromatic N) is 1. The highest BCUT2D eigenvalue weighted by Crippen LogP contribution is 2.38. The summed E-state index contributed by atoms with van der Waals surface area (Å²) in [5, 5.41) is 1.98. The van der Waals surface area contributed by atoms with Gasteiger partial charge in [0, 0.05) is 18.5 Å². The normalized spacial score (nSPS) is 18.9. The highest BCUT2D eigenvalue weighted by atomic mass is 127. The molecule has 18 heavy (non-hydrogen) atoms. The lowest BCUT2D eigenvalue weighted by Crippen LogP contribution is -2.42. The molecular weight excluding hydrogens is 357 g/mol. The molecule has 1 saturated heterocycles. The number of rotatable bonds is 3. The van der Waals surface area contributed by atoms with Gasteiger partial charge in [-0.1, -0.05) is 26.7 Å². The molecule has 0 saturated carbocycles. The van der Waals surface area contributed by atoms with Gasteiger partial charge in [-0.05, 0) is 46.9 Å². The monoisotopic (exact) mass is 377 g/mol. The molecule has 0 unspecified atom stereocenters. The van der Waals surface area contributed by atoms with Crippen molar-refractivity contribution in [3.8, 4) is 0 Å². The van der Waals surface area contributed by atoms with E-state index in [1.165, 1.54) is 15.7 Å². The fraction of sp³-hybridized carbons (Fsp3) is 0.643. The third-order valence-electron chi connectivity index (χ3n) is 4.43. The van der Waals surface area contributed by atoms with Crippen molar-refractivity contribution in [2.75, 3.05) is 13.1 Å². The Kier molecular flexibility index (Phi) is 4.69. The molecule has 1 amide bonds. The van der Waals surface area contributed by atoms with Gasteiger partial charge in [0.15, 0.2) is 0 Å². The maximum absolute atomic E-state index is 12.3. The topological polar surface area (TPSA) is 20.3 Å². The number of carbonyl (C=O) groups excluding carboxylic acids is 1. The first-order valence-corrected chi connectivity index (χ1v) is 8.59. The molecule has 1 aromatic rings. The lowest BCUT2D eigenvalue weighted by Gasteiger charge is -2.41. The molecule has 0 aromatic carbocycles. The van der Waals surface area contributed by atoms with Crippen molar-refractivity contribution in [3.05, 3.63) is 19.9 Å². The number of piperidine rings is 1. The van der Waals surface area contributed by atoms with Gasteiger partial charge < -0.3 is 4.90 Å². The molecule has 0 bridgehead atoms. The third-order valence-corrected chi connectivity index (χ3v) is 6.21. The fourth-order valence-electron chi connectivity index (χ4n) is 2.75. The van der Waals surface area contributed by atoms with E-state index in [0.717, 1.165) is 31.5 Å². The number of carbonyl (C=O) groups is 1. The molecule has 0 aliphatic carbocycles. The standard InChI is InChI=1S/C14H20INOS/c1-3-14(4-2)5-7-16(8-6-14)13(17)11-9-12(15)18-10-11/h9-10H,3-8H2,1-2H3. The molecule has 2 heterocycles. The van der Waals surface area contributed by atoms with Crippen LogP contribution in [0.5, 0.6) is 0 Å². The van der Waals surface area contributed by atoms with Crippen LogP contribution in [-0.2, 0) is 0 Å². The van der Waals surface area contributed by atoms with Gasteiger partial charge in [-0.15, -0.1) is 11.3 Å². The molecule has 0 radical (unpaired) electrons. The van der Waals surface area contributed by atoms with E-state index in [1.54, 1.807) is 11.3 Å². The summed E-state index contributed by atoms with van der Waals surface area (Å²) in [6.07, 6.45) is 4.80. The Hall–Kier alpha value is -0.100. The van der Waals surface area contributed by atoms with Gasteiger partial charge >= 0.3 is 0 Å². The largest absolute Gasteiger partial charge is 0.339 e. The SMILES string of the molecule is CCC1(CC)CCN(C(=O)c2csc(I)c2)CC1. The van der Waals surface area contributed by atoms with Crippen LogP contribution in [0, 0.1) is 8.30 Å². The Morgan fingerprint density at radius 1 is 1.39 bits per heavy atom. The molecule has 2 nitrogen and oxygen atoms in total. The number of hydrogen-bond donors (Lipinski definition) is 0. The molecular formula is C14H20INOS. The second-order valence-corrected chi connectivity index (χ2v) is 7.94. The molecule has 2 rings (SSSR count). The van der Waals surface area contributed by atoms with Crippen molar-refractivity contribution in [2.45, 2.75) is 39.5 Å². The highest BCUT2D eigenvalue weighted by molar-refractivity contribution is 14.1. The molecule has 0 N–H and O–H groups in total. The zero-order valence-electron chi connectivity index (χ0n) is 11.0.